The second kappa shape index (κ2) is 4.99. The highest BCUT2D eigenvalue weighted by atomic mass is 35.5. The number of aromatic carboxylic acids is 1. The molecule has 0 saturated carbocycles. The number of hydrogen-bond donors (Lipinski definition) is 2. The molecule has 2 N–H and O–H groups in total. The summed E-state index contributed by atoms with van der Waals surface area (Å²) in [5.41, 5.74) is -0.0219. The van der Waals surface area contributed by atoms with Crippen molar-refractivity contribution in [3.8, 4) is 0 Å². The maximum absolute atomic E-state index is 11.4. The molecule has 2 rings (SSSR count). The maximum Gasteiger partial charge on any atom is 0.337 e. The molecular formula is C11H8ClNO4S. The van der Waals surface area contributed by atoms with Gasteiger partial charge in [-0.2, -0.15) is 0 Å². The van der Waals surface area contributed by atoms with Gasteiger partial charge in [0.1, 0.15) is 0 Å². The van der Waals surface area contributed by atoms with Crippen LogP contribution in [0.5, 0.6) is 0 Å². The van der Waals surface area contributed by atoms with Crippen LogP contribution in [-0.4, -0.2) is 28.1 Å². The monoisotopic (exact) mass is 285 g/mol. The highest BCUT2D eigenvalue weighted by Gasteiger charge is 2.31. The van der Waals surface area contributed by atoms with Gasteiger partial charge in [-0.25, -0.2) is 4.79 Å². The predicted molar refractivity (Wildman–Crippen MR) is 65.8 cm³/mol. The van der Waals surface area contributed by atoms with Gasteiger partial charge in [-0.15, -0.1) is 11.8 Å². The average molecular weight is 286 g/mol. The lowest BCUT2D eigenvalue weighted by molar-refractivity contribution is -0.124. The molecule has 0 bridgehead atoms. The molecule has 1 atom stereocenters. The molecule has 94 valence electrons. The molecule has 0 aliphatic carbocycles. The molecule has 0 radical (unpaired) electrons. The Bertz CT molecular complexity index is 546. The molecule has 1 saturated heterocycles. The van der Waals surface area contributed by atoms with Gasteiger partial charge in [0.15, 0.2) is 0 Å². The molecule has 1 aromatic carbocycles. The number of halogens is 1. The van der Waals surface area contributed by atoms with Gasteiger partial charge < -0.3 is 5.11 Å². The van der Waals surface area contributed by atoms with Crippen LogP contribution in [0.25, 0.3) is 0 Å². The fourth-order valence-electron chi connectivity index (χ4n) is 1.53. The van der Waals surface area contributed by atoms with E-state index >= 15 is 0 Å². The van der Waals surface area contributed by atoms with E-state index in [0.29, 0.717) is 4.90 Å². The molecular weight excluding hydrogens is 278 g/mol. The Morgan fingerprint density at radius 1 is 1.44 bits per heavy atom. The van der Waals surface area contributed by atoms with Crippen LogP contribution in [0.2, 0.25) is 5.02 Å². The fraction of sp³-hybridized carbons (Fsp3) is 0.182. The Morgan fingerprint density at radius 2 is 2.17 bits per heavy atom. The number of carbonyl (C=O) groups excluding carboxylic acids is 2. The van der Waals surface area contributed by atoms with Crippen LogP contribution >= 0.6 is 23.4 Å². The molecule has 18 heavy (non-hydrogen) atoms. The fourth-order valence-corrected chi connectivity index (χ4v) is 2.79. The lowest BCUT2D eigenvalue weighted by Gasteiger charge is -2.07. The number of carboxylic acids is 1. The highest BCUT2D eigenvalue weighted by Crippen LogP contribution is 2.30. The molecule has 1 unspecified atom stereocenters. The summed E-state index contributed by atoms with van der Waals surface area (Å²) in [6, 6.07) is 4.48. The zero-order chi connectivity index (χ0) is 13.3. The molecule has 1 aromatic rings. The number of thioether (sulfide) groups is 1. The average Bonchev–Trinajstić information content (AvgIpc) is 2.60. The zero-order valence-corrected chi connectivity index (χ0v) is 10.5. The summed E-state index contributed by atoms with van der Waals surface area (Å²) in [5, 5.41) is 10.7. The Balaban J connectivity index is 2.20. The van der Waals surface area contributed by atoms with Crippen molar-refractivity contribution in [2.45, 2.75) is 16.6 Å². The van der Waals surface area contributed by atoms with E-state index in [0.717, 1.165) is 11.8 Å². The zero-order valence-electron chi connectivity index (χ0n) is 8.97. The van der Waals surface area contributed by atoms with Crippen LogP contribution < -0.4 is 5.32 Å². The van der Waals surface area contributed by atoms with Gasteiger partial charge in [-0.3, -0.25) is 14.9 Å². The molecule has 1 fully saturated rings. The normalized spacial score (nSPS) is 18.8. The smallest absolute Gasteiger partial charge is 0.337 e. The molecule has 1 aliphatic heterocycles. The number of nitrogens with one attached hydrogen (secondary N) is 1. The van der Waals surface area contributed by atoms with Crippen molar-refractivity contribution in [2.75, 3.05) is 0 Å². The third-order valence-electron chi connectivity index (χ3n) is 2.37. The number of rotatable bonds is 3. The van der Waals surface area contributed by atoms with Crippen LogP contribution in [0.3, 0.4) is 0 Å². The summed E-state index contributed by atoms with van der Waals surface area (Å²) in [4.78, 5) is 33.9. The third-order valence-corrected chi connectivity index (χ3v) is 3.89. The minimum absolute atomic E-state index is 0.0219. The standard InChI is InChI=1S/C11H8ClNO4S/c12-7-2-1-5(3-6(7)11(16)17)18-8-4-9(14)13-10(8)15/h1-3,8H,4H2,(H,16,17)(H,13,14,15). The van der Waals surface area contributed by atoms with Crippen molar-refractivity contribution in [1.82, 2.24) is 5.32 Å². The molecule has 0 aromatic heterocycles. The number of benzene rings is 1. The number of amides is 2. The van der Waals surface area contributed by atoms with Gasteiger partial charge in [0.05, 0.1) is 15.8 Å². The third kappa shape index (κ3) is 2.65. The van der Waals surface area contributed by atoms with Gasteiger partial charge in [-0.05, 0) is 18.2 Å². The SMILES string of the molecule is O=C1CC(Sc2ccc(Cl)c(C(=O)O)c2)C(=O)N1. The largest absolute Gasteiger partial charge is 0.478 e. The van der Waals surface area contributed by atoms with E-state index in [9.17, 15) is 14.4 Å². The minimum atomic E-state index is -1.13. The van der Waals surface area contributed by atoms with Crippen molar-refractivity contribution < 1.29 is 19.5 Å². The van der Waals surface area contributed by atoms with Crippen molar-refractivity contribution >= 4 is 41.1 Å². The van der Waals surface area contributed by atoms with Crippen molar-refractivity contribution in [3.05, 3.63) is 28.8 Å². The van der Waals surface area contributed by atoms with Gasteiger partial charge in [-0.1, -0.05) is 11.6 Å². The number of carboxylic acid groups (broad SMARTS) is 1. The van der Waals surface area contributed by atoms with Crippen LogP contribution in [0.1, 0.15) is 16.8 Å². The summed E-state index contributed by atoms with van der Waals surface area (Å²) >= 11 is 6.88. The maximum atomic E-state index is 11.4. The summed E-state index contributed by atoms with van der Waals surface area (Å²) in [5.74, 6) is -1.80. The topological polar surface area (TPSA) is 83.5 Å². The van der Waals surface area contributed by atoms with Crippen molar-refractivity contribution in [2.24, 2.45) is 0 Å². The van der Waals surface area contributed by atoms with Crippen LogP contribution in [-0.2, 0) is 9.59 Å². The second-order valence-corrected chi connectivity index (χ2v) is 5.35. The van der Waals surface area contributed by atoms with E-state index < -0.39 is 11.2 Å². The van der Waals surface area contributed by atoms with Gasteiger partial charge in [0.2, 0.25) is 11.8 Å². The van der Waals surface area contributed by atoms with E-state index in [2.05, 4.69) is 5.32 Å². The first-order valence-corrected chi connectivity index (χ1v) is 6.26. The van der Waals surface area contributed by atoms with Crippen LogP contribution in [0.15, 0.2) is 23.1 Å². The Kier molecular flexibility index (Phi) is 3.58. The first-order valence-electron chi connectivity index (χ1n) is 5.00. The van der Waals surface area contributed by atoms with Gasteiger partial charge in [0, 0.05) is 11.3 Å². The molecule has 7 heteroatoms. The lowest BCUT2D eigenvalue weighted by Crippen LogP contribution is -2.23. The lowest BCUT2D eigenvalue weighted by atomic mass is 10.2. The quantitative estimate of drug-likeness (QED) is 0.823. The minimum Gasteiger partial charge on any atom is -0.478 e. The van der Waals surface area contributed by atoms with E-state index in [1.54, 1.807) is 6.07 Å². The Hall–Kier alpha value is -1.53. The molecule has 5 nitrogen and oxygen atoms in total. The van der Waals surface area contributed by atoms with Crippen molar-refractivity contribution in [1.29, 1.82) is 0 Å². The first-order chi connectivity index (χ1) is 8.47. The van der Waals surface area contributed by atoms with Gasteiger partial charge in [0.25, 0.3) is 0 Å². The van der Waals surface area contributed by atoms with E-state index in [1.165, 1.54) is 12.1 Å². The summed E-state index contributed by atoms with van der Waals surface area (Å²) in [6.45, 7) is 0. The molecule has 2 amide bonds. The number of imide groups is 1. The van der Waals surface area contributed by atoms with E-state index in [-0.39, 0.29) is 28.8 Å². The van der Waals surface area contributed by atoms with Crippen LogP contribution in [0.4, 0.5) is 0 Å². The highest BCUT2D eigenvalue weighted by molar-refractivity contribution is 8.00. The van der Waals surface area contributed by atoms with Gasteiger partial charge >= 0.3 is 5.97 Å². The van der Waals surface area contributed by atoms with E-state index in [1.807, 2.05) is 0 Å². The Morgan fingerprint density at radius 3 is 2.72 bits per heavy atom. The molecule has 0 spiro atoms. The predicted octanol–water partition coefficient (Wildman–Crippen LogP) is 1.55. The second-order valence-electron chi connectivity index (χ2n) is 3.67. The van der Waals surface area contributed by atoms with E-state index in [4.69, 9.17) is 16.7 Å². The van der Waals surface area contributed by atoms with Crippen molar-refractivity contribution in [3.63, 3.8) is 0 Å². The number of carbonyl (C=O) groups is 3. The molecule has 1 heterocycles. The summed E-state index contributed by atoms with van der Waals surface area (Å²) < 4.78 is 0. The summed E-state index contributed by atoms with van der Waals surface area (Å²) in [7, 11) is 0. The summed E-state index contributed by atoms with van der Waals surface area (Å²) in [6.07, 6.45) is 0.106. The first kappa shape index (κ1) is 12.9. The Labute approximate surface area is 112 Å². The van der Waals surface area contributed by atoms with Crippen LogP contribution in [0, 0.1) is 0 Å². The molecule has 1 aliphatic rings. The number of hydrogen-bond acceptors (Lipinski definition) is 4.